The van der Waals surface area contributed by atoms with Crippen LogP contribution in [0.5, 0.6) is 5.88 Å². The first-order valence-electron chi connectivity index (χ1n) is 10.9. The number of nitrogen functional groups attached to an aromatic ring is 1. The summed E-state index contributed by atoms with van der Waals surface area (Å²) >= 11 is 0. The van der Waals surface area contributed by atoms with Gasteiger partial charge in [-0.3, -0.25) is 10.2 Å². The average Bonchev–Trinajstić information content (AvgIpc) is 3.13. The Kier molecular flexibility index (Phi) is 5.56. The van der Waals surface area contributed by atoms with Gasteiger partial charge in [0.2, 0.25) is 5.88 Å². The average molecular weight is 470 g/mol. The van der Waals surface area contributed by atoms with Gasteiger partial charge in [-0.05, 0) is 37.1 Å². The molecule has 178 valence electrons. The van der Waals surface area contributed by atoms with Gasteiger partial charge in [-0.1, -0.05) is 0 Å². The van der Waals surface area contributed by atoms with E-state index < -0.39 is 24.2 Å². The Labute approximate surface area is 194 Å². The summed E-state index contributed by atoms with van der Waals surface area (Å²) < 4.78 is 40.0. The molecule has 2 aliphatic rings. The number of carbonyl (C=O) groups excluding carboxylic acids is 1. The molecule has 9 nitrogen and oxygen atoms in total. The number of aromatic nitrogens is 2. The molecule has 1 aromatic carbocycles. The van der Waals surface area contributed by atoms with Gasteiger partial charge in [0, 0.05) is 48.5 Å². The van der Waals surface area contributed by atoms with Crippen molar-refractivity contribution in [1.29, 1.82) is 0 Å². The van der Waals surface area contributed by atoms with Crippen molar-refractivity contribution >= 4 is 34.1 Å². The van der Waals surface area contributed by atoms with Crippen LogP contribution in [0, 0.1) is 12.7 Å². The fourth-order valence-electron chi connectivity index (χ4n) is 4.35. The third kappa shape index (κ3) is 3.92. The van der Waals surface area contributed by atoms with Crippen molar-refractivity contribution in [3.8, 4) is 17.0 Å². The Bertz CT molecular complexity index is 1290. The number of halogens is 2. The van der Waals surface area contributed by atoms with E-state index >= 15 is 4.39 Å². The summed E-state index contributed by atoms with van der Waals surface area (Å²) in [5.41, 5.74) is 8.35. The predicted molar refractivity (Wildman–Crippen MR) is 124 cm³/mol. The number of rotatable bonds is 3. The highest BCUT2D eigenvalue weighted by Crippen LogP contribution is 2.39. The summed E-state index contributed by atoms with van der Waals surface area (Å²) in [7, 11) is 1.75. The maximum Gasteiger partial charge on any atom is 0.413 e. The van der Waals surface area contributed by atoms with Crippen LogP contribution in [0.15, 0.2) is 24.5 Å². The van der Waals surface area contributed by atoms with Crippen LogP contribution in [-0.4, -0.2) is 66.5 Å². The molecule has 2 atom stereocenters. The SMILES string of the molecule is Cc1c(-c2cc3cc(NC(=O)O[C@@H]4CN(C)C[C@H]4F)ncc3c(N)c2F)cnc2c1NCCO2. The van der Waals surface area contributed by atoms with Crippen molar-refractivity contribution < 1.29 is 23.0 Å². The molecule has 2 aromatic heterocycles. The molecule has 2 aliphatic heterocycles. The molecule has 0 radical (unpaired) electrons. The van der Waals surface area contributed by atoms with Gasteiger partial charge in [0.25, 0.3) is 0 Å². The predicted octanol–water partition coefficient (Wildman–Crippen LogP) is 3.33. The number of nitrogens with one attached hydrogen (secondary N) is 2. The molecule has 3 aromatic rings. The number of fused-ring (bicyclic) bond motifs is 2. The van der Waals surface area contributed by atoms with Gasteiger partial charge in [0.05, 0.1) is 5.69 Å². The summed E-state index contributed by atoms with van der Waals surface area (Å²) in [5, 5.41) is 6.70. The molecular weight excluding hydrogens is 446 g/mol. The van der Waals surface area contributed by atoms with Crippen molar-refractivity contribution in [3.05, 3.63) is 35.9 Å². The lowest BCUT2D eigenvalue weighted by molar-refractivity contribution is 0.0791. The second kappa shape index (κ2) is 8.56. The topological polar surface area (TPSA) is 115 Å². The summed E-state index contributed by atoms with van der Waals surface area (Å²) in [5.74, 6) is 0.0572. The largest absolute Gasteiger partial charge is 0.474 e. The molecule has 11 heteroatoms. The first kappa shape index (κ1) is 22.1. The van der Waals surface area contributed by atoms with Crippen LogP contribution in [0.2, 0.25) is 0 Å². The number of likely N-dealkylation sites (tertiary alicyclic amines) is 1. The number of likely N-dealkylation sites (N-methyl/N-ethyl adjacent to an activating group) is 1. The zero-order valence-electron chi connectivity index (χ0n) is 18.7. The van der Waals surface area contributed by atoms with E-state index in [0.717, 1.165) is 5.56 Å². The minimum absolute atomic E-state index is 0.0651. The van der Waals surface area contributed by atoms with Crippen LogP contribution < -0.4 is 21.1 Å². The normalized spacial score (nSPS) is 19.9. The highest BCUT2D eigenvalue weighted by atomic mass is 19.1. The van der Waals surface area contributed by atoms with E-state index in [1.54, 1.807) is 30.3 Å². The highest BCUT2D eigenvalue weighted by molar-refractivity contribution is 5.99. The Morgan fingerprint density at radius 3 is 2.88 bits per heavy atom. The molecule has 34 heavy (non-hydrogen) atoms. The molecule has 0 saturated carbocycles. The zero-order chi connectivity index (χ0) is 24.0. The number of nitrogens with zero attached hydrogens (tertiary/aromatic N) is 3. The van der Waals surface area contributed by atoms with Crippen molar-refractivity contribution in [2.24, 2.45) is 0 Å². The van der Waals surface area contributed by atoms with Gasteiger partial charge >= 0.3 is 6.09 Å². The van der Waals surface area contributed by atoms with E-state index in [9.17, 15) is 9.18 Å². The van der Waals surface area contributed by atoms with Crippen molar-refractivity contribution in [1.82, 2.24) is 14.9 Å². The number of amides is 1. The third-order valence-corrected chi connectivity index (χ3v) is 6.11. The summed E-state index contributed by atoms with van der Waals surface area (Å²) in [4.78, 5) is 22.5. The van der Waals surface area contributed by atoms with Gasteiger partial charge in [-0.15, -0.1) is 0 Å². The Balaban J connectivity index is 1.46. The van der Waals surface area contributed by atoms with Crippen LogP contribution in [0.1, 0.15) is 5.56 Å². The monoisotopic (exact) mass is 470 g/mol. The molecule has 0 aliphatic carbocycles. The maximum atomic E-state index is 15.3. The van der Waals surface area contributed by atoms with E-state index in [1.807, 2.05) is 6.92 Å². The van der Waals surface area contributed by atoms with Crippen LogP contribution in [0.4, 0.5) is 30.8 Å². The maximum absolute atomic E-state index is 15.3. The number of hydrogen-bond acceptors (Lipinski definition) is 8. The van der Waals surface area contributed by atoms with Gasteiger partial charge in [-0.2, -0.15) is 0 Å². The number of nitrogens with two attached hydrogens (primary N) is 1. The Morgan fingerprint density at radius 2 is 2.12 bits per heavy atom. The first-order valence-corrected chi connectivity index (χ1v) is 10.9. The Hall–Kier alpha value is -3.73. The first-order chi connectivity index (χ1) is 16.3. The molecule has 0 spiro atoms. The van der Waals surface area contributed by atoms with Gasteiger partial charge in [0.1, 0.15) is 24.2 Å². The van der Waals surface area contributed by atoms with Crippen molar-refractivity contribution in [2.75, 3.05) is 49.7 Å². The summed E-state index contributed by atoms with van der Waals surface area (Å²) in [6.45, 7) is 3.50. The second-order valence-electron chi connectivity index (χ2n) is 8.50. The molecule has 5 rings (SSSR count). The Morgan fingerprint density at radius 1 is 1.29 bits per heavy atom. The van der Waals surface area contributed by atoms with E-state index in [1.165, 1.54) is 6.20 Å². The van der Waals surface area contributed by atoms with E-state index in [0.29, 0.717) is 47.6 Å². The molecule has 4 heterocycles. The van der Waals surface area contributed by atoms with Gasteiger partial charge in [-0.25, -0.2) is 23.5 Å². The highest BCUT2D eigenvalue weighted by Gasteiger charge is 2.34. The lowest BCUT2D eigenvalue weighted by atomic mass is 9.97. The van der Waals surface area contributed by atoms with Crippen LogP contribution >= 0.6 is 0 Å². The molecule has 0 unspecified atom stereocenters. The van der Waals surface area contributed by atoms with Gasteiger partial charge in [0.15, 0.2) is 12.0 Å². The fourth-order valence-corrected chi connectivity index (χ4v) is 4.35. The minimum Gasteiger partial charge on any atom is -0.474 e. The van der Waals surface area contributed by atoms with Crippen molar-refractivity contribution in [3.63, 3.8) is 0 Å². The quantitative estimate of drug-likeness (QED) is 0.500. The van der Waals surface area contributed by atoms with E-state index in [4.69, 9.17) is 15.2 Å². The van der Waals surface area contributed by atoms with Crippen molar-refractivity contribution in [2.45, 2.75) is 19.2 Å². The molecule has 0 bridgehead atoms. The number of ether oxygens (including phenoxy) is 2. The fraction of sp³-hybridized carbons (Fsp3) is 0.348. The van der Waals surface area contributed by atoms with Crippen LogP contribution in [0.25, 0.3) is 21.9 Å². The molecule has 1 fully saturated rings. The number of alkyl halides is 1. The van der Waals surface area contributed by atoms with Crippen LogP contribution in [-0.2, 0) is 4.74 Å². The summed E-state index contributed by atoms with van der Waals surface area (Å²) in [6.07, 6.45) is 0.0138. The number of benzene rings is 1. The molecule has 1 saturated heterocycles. The molecule has 4 N–H and O–H groups in total. The van der Waals surface area contributed by atoms with Crippen LogP contribution in [0.3, 0.4) is 0 Å². The van der Waals surface area contributed by atoms with E-state index in [-0.39, 0.29) is 23.6 Å². The zero-order valence-corrected chi connectivity index (χ0v) is 18.7. The van der Waals surface area contributed by atoms with E-state index in [2.05, 4.69) is 20.6 Å². The summed E-state index contributed by atoms with van der Waals surface area (Å²) in [6, 6.07) is 3.19. The standard InChI is InChI=1S/C23H24F2N6O3/c1-11-14(7-29-22-21(11)27-3-4-33-22)13-5-12-6-18(28-8-15(12)20(26)19(13)25)30-23(32)34-17-10-31(2)9-16(17)24/h5-8,16-17,27H,3-4,9-10,26H2,1-2H3,(H,28,30,32)/t16-,17-/m1/s1. The molecule has 1 amide bonds. The lowest BCUT2D eigenvalue weighted by Crippen LogP contribution is -2.29. The smallest absolute Gasteiger partial charge is 0.413 e. The number of pyridine rings is 2. The second-order valence-corrected chi connectivity index (χ2v) is 8.50. The number of carbonyl (C=O) groups is 1. The minimum atomic E-state index is -1.25. The third-order valence-electron chi connectivity index (χ3n) is 6.11. The molecular formula is C23H24F2N6O3. The lowest BCUT2D eigenvalue weighted by Gasteiger charge is -2.22. The van der Waals surface area contributed by atoms with Gasteiger partial charge < -0.3 is 20.5 Å². The number of hydrogen-bond donors (Lipinski definition) is 3. The number of anilines is 3.